The fourth-order valence-electron chi connectivity index (χ4n) is 10.2. The molecule has 0 atom stereocenters. The van der Waals surface area contributed by atoms with Gasteiger partial charge in [-0.2, -0.15) is 0 Å². The molecule has 12 aromatic rings. The monoisotopic (exact) mass is 736 g/mol. The normalized spacial score (nSPS) is 12.2. The van der Waals surface area contributed by atoms with Crippen LogP contribution in [-0.4, -0.2) is 8.07 Å². The second kappa shape index (κ2) is 12.5. The Morgan fingerprint density at radius 2 is 0.561 bits per heavy atom. The van der Waals surface area contributed by atoms with Crippen LogP contribution in [0.4, 0.5) is 0 Å². The van der Waals surface area contributed by atoms with Crippen LogP contribution in [0.5, 0.6) is 0 Å². The highest BCUT2D eigenvalue weighted by Gasteiger charge is 2.42. The molecular weight excluding hydrogens is 701 g/mol. The Kier molecular flexibility index (Phi) is 7.05. The maximum atomic E-state index is 2.55. The van der Waals surface area contributed by atoms with Gasteiger partial charge in [-0.25, -0.2) is 0 Å². The van der Waals surface area contributed by atoms with E-state index in [1.165, 1.54) is 108 Å². The Morgan fingerprint density at radius 3 is 0.947 bits per heavy atom. The predicted octanol–water partition coefficient (Wildman–Crippen LogP) is 12.2. The minimum Gasteiger partial charge on any atom is -0.0623 e. The second-order valence-corrected chi connectivity index (χ2v) is 19.4. The first-order valence-corrected chi connectivity index (χ1v) is 21.9. The average molecular weight is 737 g/mol. The van der Waals surface area contributed by atoms with Crippen LogP contribution in [0.3, 0.4) is 0 Å². The van der Waals surface area contributed by atoms with Crippen LogP contribution in [-0.2, 0) is 0 Å². The van der Waals surface area contributed by atoms with E-state index in [0.29, 0.717) is 0 Å². The topological polar surface area (TPSA) is 0 Å². The Bertz CT molecular complexity index is 3150. The molecule has 0 heterocycles. The SMILES string of the molecule is c1ccc([Si](c2ccccc2)(c2ccccc2)c2cc(-c3ccc4ccc5cccc6ccc3c4c56)cc(-c3ccc4ccc5cccc6ccc3c4c56)c2)cc1. The van der Waals surface area contributed by atoms with Gasteiger partial charge in [0.25, 0.3) is 0 Å². The first-order valence-electron chi connectivity index (χ1n) is 19.9. The third-order valence-corrected chi connectivity index (χ3v) is 17.4. The molecule has 12 aromatic carbocycles. The maximum Gasteiger partial charge on any atom is 0.179 e. The highest BCUT2D eigenvalue weighted by molar-refractivity contribution is 7.20. The maximum absolute atomic E-state index is 2.89. The second-order valence-electron chi connectivity index (χ2n) is 15.6. The Balaban J connectivity index is 1.24. The van der Waals surface area contributed by atoms with Crippen molar-refractivity contribution >= 4 is 93.5 Å². The lowest BCUT2D eigenvalue weighted by molar-refractivity contribution is 1.63. The van der Waals surface area contributed by atoms with Gasteiger partial charge in [-0.15, -0.1) is 0 Å². The predicted molar refractivity (Wildman–Crippen MR) is 248 cm³/mol. The van der Waals surface area contributed by atoms with Crippen LogP contribution in [0.15, 0.2) is 218 Å². The van der Waals surface area contributed by atoms with Gasteiger partial charge < -0.3 is 0 Å². The molecule has 0 aromatic heterocycles. The summed E-state index contributed by atoms with van der Waals surface area (Å²) in [6.45, 7) is 0. The molecule has 0 nitrogen and oxygen atoms in total. The lowest BCUT2D eigenvalue weighted by Crippen LogP contribution is -2.74. The summed E-state index contributed by atoms with van der Waals surface area (Å²) in [6, 6.07) is 82.8. The molecule has 1 heteroatoms. The van der Waals surface area contributed by atoms with Gasteiger partial charge in [0.15, 0.2) is 8.07 Å². The molecule has 0 saturated carbocycles. The van der Waals surface area contributed by atoms with E-state index < -0.39 is 8.07 Å². The van der Waals surface area contributed by atoms with Gasteiger partial charge in [0.1, 0.15) is 0 Å². The van der Waals surface area contributed by atoms with E-state index in [0.717, 1.165) is 0 Å². The van der Waals surface area contributed by atoms with Crippen LogP contribution in [0.2, 0.25) is 0 Å². The highest BCUT2D eigenvalue weighted by Crippen LogP contribution is 2.42. The summed E-state index contributed by atoms with van der Waals surface area (Å²) in [4.78, 5) is 0. The van der Waals surface area contributed by atoms with E-state index in [-0.39, 0.29) is 0 Å². The molecule has 0 N–H and O–H groups in total. The van der Waals surface area contributed by atoms with Crippen molar-refractivity contribution in [1.82, 2.24) is 0 Å². The van der Waals surface area contributed by atoms with Crippen LogP contribution in [0.25, 0.3) is 86.9 Å². The van der Waals surface area contributed by atoms with Crippen molar-refractivity contribution < 1.29 is 0 Å². The molecule has 0 aliphatic heterocycles. The number of rotatable bonds is 6. The molecule has 0 bridgehead atoms. The number of hydrogen-bond donors (Lipinski definition) is 0. The van der Waals surface area contributed by atoms with Gasteiger partial charge in [0.2, 0.25) is 0 Å². The summed E-state index contributed by atoms with van der Waals surface area (Å²) in [5, 5.41) is 21.2. The van der Waals surface area contributed by atoms with E-state index in [9.17, 15) is 0 Å². The van der Waals surface area contributed by atoms with E-state index >= 15 is 0 Å². The first-order chi connectivity index (χ1) is 28.3. The van der Waals surface area contributed by atoms with Crippen LogP contribution in [0.1, 0.15) is 0 Å². The smallest absolute Gasteiger partial charge is 0.0623 e. The lowest BCUT2D eigenvalue weighted by atomic mass is 9.87. The van der Waals surface area contributed by atoms with E-state index in [2.05, 4.69) is 218 Å². The van der Waals surface area contributed by atoms with Crippen molar-refractivity contribution in [2.75, 3.05) is 0 Å². The molecule has 264 valence electrons. The zero-order valence-electron chi connectivity index (χ0n) is 31.3. The summed E-state index contributed by atoms with van der Waals surface area (Å²) < 4.78 is 0. The van der Waals surface area contributed by atoms with Crippen molar-refractivity contribution in [3.63, 3.8) is 0 Å². The fraction of sp³-hybridized carbons (Fsp3) is 0. The first kappa shape index (κ1) is 32.2. The summed E-state index contributed by atoms with van der Waals surface area (Å²) in [7, 11) is -2.89. The summed E-state index contributed by atoms with van der Waals surface area (Å²) in [5.41, 5.74) is 5.01. The van der Waals surface area contributed by atoms with Gasteiger partial charge in [-0.1, -0.05) is 212 Å². The molecule has 0 amide bonds. The average Bonchev–Trinajstić information content (AvgIpc) is 3.28. The highest BCUT2D eigenvalue weighted by atomic mass is 28.3. The molecule has 0 unspecified atom stereocenters. The zero-order chi connectivity index (χ0) is 37.5. The molecule has 0 radical (unpaired) electrons. The largest absolute Gasteiger partial charge is 0.179 e. The van der Waals surface area contributed by atoms with Gasteiger partial charge in [-0.3, -0.25) is 0 Å². The minimum atomic E-state index is -2.89. The van der Waals surface area contributed by atoms with E-state index in [1.807, 2.05) is 0 Å². The summed E-state index contributed by atoms with van der Waals surface area (Å²) in [6.07, 6.45) is 0. The lowest BCUT2D eigenvalue weighted by Gasteiger charge is -2.35. The molecule has 57 heavy (non-hydrogen) atoms. The van der Waals surface area contributed by atoms with Crippen LogP contribution < -0.4 is 20.7 Å². The van der Waals surface area contributed by atoms with Gasteiger partial charge >= 0.3 is 0 Å². The third kappa shape index (κ3) is 4.73. The Hall–Kier alpha value is -7.06. The molecule has 0 aliphatic carbocycles. The van der Waals surface area contributed by atoms with Crippen molar-refractivity contribution in [2.24, 2.45) is 0 Å². The third-order valence-electron chi connectivity index (χ3n) is 12.7. The quantitative estimate of drug-likeness (QED) is 0.0906. The van der Waals surface area contributed by atoms with Gasteiger partial charge in [0, 0.05) is 0 Å². The van der Waals surface area contributed by atoms with Gasteiger partial charge in [-0.05, 0) is 114 Å². The zero-order valence-corrected chi connectivity index (χ0v) is 32.3. The molecule has 0 saturated heterocycles. The Labute approximate surface area is 332 Å². The van der Waals surface area contributed by atoms with Crippen molar-refractivity contribution in [2.45, 2.75) is 0 Å². The van der Waals surface area contributed by atoms with Gasteiger partial charge in [0.05, 0.1) is 0 Å². The molecule has 0 spiro atoms. The minimum absolute atomic E-state index is 1.24. The van der Waals surface area contributed by atoms with Crippen molar-refractivity contribution in [1.29, 1.82) is 0 Å². The standard InChI is InChI=1S/C56H36Si/c1-4-16-45(17-5-1)57(46-18-6-2-7-19-46,47-20-8-3-9-21-47)48-35-43(49-30-26-41-24-22-37-12-10-14-39-28-32-51(49)55(41)53(37)39)34-44(36-48)50-31-27-42-25-23-38-13-11-15-40-29-33-52(50)56(42)54(38)40/h1-36H. The fourth-order valence-corrected chi connectivity index (χ4v) is 15.0. The summed E-state index contributed by atoms with van der Waals surface area (Å²) >= 11 is 0. The van der Waals surface area contributed by atoms with Crippen molar-refractivity contribution in [3.8, 4) is 22.3 Å². The molecular formula is C56H36Si. The van der Waals surface area contributed by atoms with Crippen molar-refractivity contribution in [3.05, 3.63) is 218 Å². The van der Waals surface area contributed by atoms with E-state index in [1.54, 1.807) is 0 Å². The van der Waals surface area contributed by atoms with Crippen LogP contribution in [0, 0.1) is 0 Å². The number of hydrogen-bond acceptors (Lipinski definition) is 0. The summed E-state index contributed by atoms with van der Waals surface area (Å²) in [5.74, 6) is 0. The number of benzene rings is 12. The molecule has 0 aliphatic rings. The molecule has 0 fully saturated rings. The van der Waals surface area contributed by atoms with Crippen LogP contribution >= 0.6 is 0 Å². The molecule has 12 rings (SSSR count). The van der Waals surface area contributed by atoms with E-state index in [4.69, 9.17) is 0 Å². The Morgan fingerprint density at radius 1 is 0.228 bits per heavy atom.